The Kier molecular flexibility index (Phi) is 11.8. The van der Waals surface area contributed by atoms with Crippen LogP contribution in [0.25, 0.3) is 0 Å². The minimum absolute atomic E-state index is 0. The number of likely N-dealkylation sites (tertiary alicyclic amines) is 1. The van der Waals surface area contributed by atoms with E-state index < -0.39 is 9.84 Å². The van der Waals surface area contributed by atoms with E-state index in [0.29, 0.717) is 25.0 Å². The molecule has 0 bridgehead atoms. The number of halogens is 2. The number of nitrogens with one attached hydrogen (secondary N) is 2. The molecule has 1 aliphatic rings. The number of nitrogens with zero attached hydrogens (tertiary/aromatic N) is 2. The van der Waals surface area contributed by atoms with Crippen LogP contribution in [0.2, 0.25) is 5.02 Å². The maximum Gasteiger partial charge on any atom is 0.191 e. The molecule has 2 unspecified atom stereocenters. The lowest BCUT2D eigenvalue weighted by molar-refractivity contribution is 0.125. The second-order valence-corrected chi connectivity index (χ2v) is 10.2. The topological polar surface area (TPSA) is 73.8 Å². The van der Waals surface area contributed by atoms with Gasteiger partial charge in [0.1, 0.15) is 0 Å². The first-order valence-electron chi connectivity index (χ1n) is 10.0. The van der Waals surface area contributed by atoms with Crippen molar-refractivity contribution in [1.82, 2.24) is 15.5 Å². The quantitative estimate of drug-likeness (QED) is 0.292. The fourth-order valence-electron chi connectivity index (χ4n) is 3.69. The first-order chi connectivity index (χ1) is 13.4. The molecule has 0 spiro atoms. The van der Waals surface area contributed by atoms with Crippen LogP contribution in [0.1, 0.15) is 38.3 Å². The molecule has 6 nitrogen and oxygen atoms in total. The highest BCUT2D eigenvalue weighted by molar-refractivity contribution is 14.0. The summed E-state index contributed by atoms with van der Waals surface area (Å²) in [4.78, 5) is 7.13. The van der Waals surface area contributed by atoms with E-state index in [0.717, 1.165) is 31.0 Å². The molecule has 1 aromatic rings. The van der Waals surface area contributed by atoms with Gasteiger partial charge in [-0.05, 0) is 57.0 Å². The molecule has 29 heavy (non-hydrogen) atoms. The summed E-state index contributed by atoms with van der Waals surface area (Å²) in [6.45, 7) is 6.51. The number of piperidine rings is 1. The lowest BCUT2D eigenvalue weighted by Crippen LogP contribution is -2.41. The number of benzene rings is 1. The molecule has 1 aromatic carbocycles. The van der Waals surface area contributed by atoms with Crippen molar-refractivity contribution in [2.24, 2.45) is 10.9 Å². The van der Waals surface area contributed by atoms with Gasteiger partial charge < -0.3 is 10.6 Å². The molecule has 2 rings (SSSR count). The van der Waals surface area contributed by atoms with E-state index in [9.17, 15) is 8.42 Å². The normalized spacial score (nSPS) is 20.8. The molecule has 2 atom stereocenters. The van der Waals surface area contributed by atoms with Gasteiger partial charge in [-0.15, -0.1) is 24.0 Å². The van der Waals surface area contributed by atoms with Crippen molar-refractivity contribution in [2.45, 2.75) is 32.7 Å². The third-order valence-corrected chi connectivity index (χ3v) is 7.11. The van der Waals surface area contributed by atoms with Crippen molar-refractivity contribution in [1.29, 1.82) is 0 Å². The summed E-state index contributed by atoms with van der Waals surface area (Å²) in [5.41, 5.74) is 1.22. The summed E-state index contributed by atoms with van der Waals surface area (Å²) in [6.07, 6.45) is 2.25. The minimum Gasteiger partial charge on any atom is -0.357 e. The third-order valence-electron chi connectivity index (χ3n) is 5.17. The molecule has 0 aliphatic carbocycles. The molecule has 9 heteroatoms. The van der Waals surface area contributed by atoms with Gasteiger partial charge in [0.2, 0.25) is 0 Å². The number of sulfone groups is 1. The molecule has 1 saturated heterocycles. The van der Waals surface area contributed by atoms with Crippen molar-refractivity contribution in [3.05, 3.63) is 34.9 Å². The molecular weight excluding hydrogens is 523 g/mol. The molecule has 1 aliphatic heterocycles. The van der Waals surface area contributed by atoms with Gasteiger partial charge in [0.05, 0.1) is 5.75 Å². The maximum absolute atomic E-state index is 11.7. The summed E-state index contributed by atoms with van der Waals surface area (Å²) in [7, 11) is -0.833. The van der Waals surface area contributed by atoms with Crippen LogP contribution >= 0.6 is 35.6 Å². The SMILES string of the molecule is CCNC(=NCC1CCCN(C)C1c1cccc(Cl)c1)NCCS(=O)(=O)CC.I. The van der Waals surface area contributed by atoms with E-state index >= 15 is 0 Å². The van der Waals surface area contributed by atoms with Gasteiger partial charge >= 0.3 is 0 Å². The van der Waals surface area contributed by atoms with Crippen LogP contribution in [0.4, 0.5) is 0 Å². The number of hydrogen-bond acceptors (Lipinski definition) is 4. The predicted octanol–water partition coefficient (Wildman–Crippen LogP) is 3.33. The second kappa shape index (κ2) is 13.0. The van der Waals surface area contributed by atoms with Gasteiger partial charge in [0, 0.05) is 36.5 Å². The van der Waals surface area contributed by atoms with E-state index in [1.54, 1.807) is 6.92 Å². The van der Waals surface area contributed by atoms with Crippen molar-refractivity contribution in [3.63, 3.8) is 0 Å². The lowest BCUT2D eigenvalue weighted by atomic mass is 9.85. The van der Waals surface area contributed by atoms with Gasteiger partial charge in [-0.2, -0.15) is 0 Å². The van der Waals surface area contributed by atoms with Gasteiger partial charge in [0.25, 0.3) is 0 Å². The van der Waals surface area contributed by atoms with E-state index in [-0.39, 0.29) is 41.5 Å². The zero-order valence-corrected chi connectivity index (χ0v) is 21.4. The van der Waals surface area contributed by atoms with Gasteiger partial charge in [-0.1, -0.05) is 30.7 Å². The number of rotatable bonds is 8. The molecule has 1 fully saturated rings. The van der Waals surface area contributed by atoms with Crippen LogP contribution < -0.4 is 10.6 Å². The molecular formula is C20H34ClIN4O2S. The van der Waals surface area contributed by atoms with E-state index in [1.165, 1.54) is 5.56 Å². The highest BCUT2D eigenvalue weighted by Crippen LogP contribution is 2.36. The van der Waals surface area contributed by atoms with Crippen LogP contribution in [-0.2, 0) is 9.84 Å². The fourth-order valence-corrected chi connectivity index (χ4v) is 4.59. The average molecular weight is 557 g/mol. The van der Waals surface area contributed by atoms with Crippen molar-refractivity contribution >= 4 is 51.4 Å². The standard InChI is InChI=1S/C20H33ClN4O2S.HI/c1-4-22-20(23-11-13-28(26,27)5-2)24-15-17-9-7-12-25(3)19(17)16-8-6-10-18(21)14-16;/h6,8,10,14,17,19H,4-5,7,9,11-13,15H2,1-3H3,(H2,22,23,24);1H. The number of hydrogen-bond donors (Lipinski definition) is 2. The average Bonchev–Trinajstić information content (AvgIpc) is 2.66. The van der Waals surface area contributed by atoms with Gasteiger partial charge in [-0.25, -0.2) is 8.42 Å². The van der Waals surface area contributed by atoms with E-state index in [4.69, 9.17) is 16.6 Å². The van der Waals surface area contributed by atoms with Crippen LogP contribution in [0.3, 0.4) is 0 Å². The molecule has 2 N–H and O–H groups in total. The minimum atomic E-state index is -2.99. The second-order valence-electron chi connectivity index (χ2n) is 7.27. The zero-order chi connectivity index (χ0) is 20.6. The number of aliphatic imine (C=N–C) groups is 1. The Morgan fingerprint density at radius 1 is 1.31 bits per heavy atom. The summed E-state index contributed by atoms with van der Waals surface area (Å²) < 4.78 is 23.4. The Balaban J connectivity index is 0.00000420. The fraction of sp³-hybridized carbons (Fsp3) is 0.650. The largest absolute Gasteiger partial charge is 0.357 e. The Bertz CT molecular complexity index is 761. The maximum atomic E-state index is 11.7. The monoisotopic (exact) mass is 556 g/mol. The van der Waals surface area contributed by atoms with E-state index in [2.05, 4.69) is 28.6 Å². The summed E-state index contributed by atoms with van der Waals surface area (Å²) in [6, 6.07) is 8.36. The van der Waals surface area contributed by atoms with Crippen molar-refractivity contribution < 1.29 is 8.42 Å². The Hall–Kier alpha value is -0.580. The zero-order valence-electron chi connectivity index (χ0n) is 17.5. The molecule has 0 saturated carbocycles. The number of guanidine groups is 1. The van der Waals surface area contributed by atoms with Crippen LogP contribution in [0.5, 0.6) is 0 Å². The lowest BCUT2D eigenvalue weighted by Gasteiger charge is -2.39. The van der Waals surface area contributed by atoms with E-state index in [1.807, 2.05) is 25.1 Å². The molecule has 0 aromatic heterocycles. The molecule has 0 amide bonds. The Morgan fingerprint density at radius 3 is 2.72 bits per heavy atom. The highest BCUT2D eigenvalue weighted by Gasteiger charge is 2.30. The summed E-state index contributed by atoms with van der Waals surface area (Å²) in [5.74, 6) is 1.34. The van der Waals surface area contributed by atoms with Crippen LogP contribution in [0, 0.1) is 5.92 Å². The molecule has 0 radical (unpaired) electrons. The molecule has 166 valence electrons. The molecule has 1 heterocycles. The predicted molar refractivity (Wildman–Crippen MR) is 133 cm³/mol. The highest BCUT2D eigenvalue weighted by atomic mass is 127. The van der Waals surface area contributed by atoms with Crippen molar-refractivity contribution in [3.8, 4) is 0 Å². The summed E-state index contributed by atoms with van der Waals surface area (Å²) in [5, 5.41) is 7.12. The summed E-state index contributed by atoms with van der Waals surface area (Å²) >= 11 is 6.22. The first kappa shape index (κ1) is 26.5. The Morgan fingerprint density at radius 2 is 2.07 bits per heavy atom. The van der Waals surface area contributed by atoms with Crippen LogP contribution in [-0.4, -0.2) is 64.0 Å². The van der Waals surface area contributed by atoms with Gasteiger partial charge in [-0.3, -0.25) is 9.89 Å². The smallest absolute Gasteiger partial charge is 0.191 e. The van der Waals surface area contributed by atoms with Gasteiger partial charge in [0.15, 0.2) is 15.8 Å². The first-order valence-corrected chi connectivity index (χ1v) is 12.2. The van der Waals surface area contributed by atoms with Crippen molar-refractivity contribution in [2.75, 3.05) is 44.7 Å². The van der Waals surface area contributed by atoms with Crippen LogP contribution in [0.15, 0.2) is 29.3 Å². The third kappa shape index (κ3) is 8.59. The Labute approximate surface area is 197 Å².